The first-order chi connectivity index (χ1) is 17.6. The average Bonchev–Trinajstić information content (AvgIpc) is 2.87. The lowest BCUT2D eigenvalue weighted by atomic mass is 9.80. The summed E-state index contributed by atoms with van der Waals surface area (Å²) in [6.07, 6.45) is 38.2. The van der Waals surface area contributed by atoms with Crippen LogP contribution < -0.4 is 0 Å². The van der Waals surface area contributed by atoms with Gasteiger partial charge in [-0.3, -0.25) is 4.79 Å². The number of carboxylic acids is 1. The number of hydrogen-bond donors (Lipinski definition) is 1. The summed E-state index contributed by atoms with van der Waals surface area (Å²) in [5.41, 5.74) is -0.505. The van der Waals surface area contributed by atoms with Crippen molar-refractivity contribution in [1.82, 2.24) is 0 Å². The molecule has 0 aromatic rings. The molecule has 0 aromatic heterocycles. The molecular formula is C34H68O2. The molecule has 1 atom stereocenters. The van der Waals surface area contributed by atoms with Gasteiger partial charge in [-0.25, -0.2) is 0 Å². The molecule has 0 amide bonds. The van der Waals surface area contributed by atoms with Crippen molar-refractivity contribution in [3.63, 3.8) is 0 Å². The molecule has 0 spiro atoms. The van der Waals surface area contributed by atoms with E-state index >= 15 is 0 Å². The summed E-state index contributed by atoms with van der Waals surface area (Å²) in [5, 5.41) is 9.83. The van der Waals surface area contributed by atoms with Crippen LogP contribution in [0.5, 0.6) is 0 Å². The van der Waals surface area contributed by atoms with Crippen molar-refractivity contribution in [2.45, 2.75) is 207 Å². The summed E-state index contributed by atoms with van der Waals surface area (Å²) in [5.74, 6) is -0.573. The van der Waals surface area contributed by atoms with Gasteiger partial charge in [0.25, 0.3) is 0 Å². The zero-order valence-electron chi connectivity index (χ0n) is 25.4. The molecule has 0 aliphatic heterocycles. The van der Waals surface area contributed by atoms with Crippen molar-refractivity contribution in [2.75, 3.05) is 0 Å². The van der Waals surface area contributed by atoms with Gasteiger partial charge in [0, 0.05) is 0 Å². The van der Waals surface area contributed by atoms with Crippen LogP contribution >= 0.6 is 0 Å². The minimum absolute atomic E-state index is 0.505. The Bertz CT molecular complexity index is 446. The Morgan fingerprint density at radius 3 is 0.806 bits per heavy atom. The first-order valence-corrected chi connectivity index (χ1v) is 16.8. The standard InChI is InChI=1S/C34H68O2/c1-4-6-8-10-12-14-16-18-20-22-24-26-28-30-32-34(3,33(35)36)31-29-27-25-23-21-19-17-15-13-11-9-7-5-2/h4-32H2,1-3H3,(H,35,36). The molecule has 2 heteroatoms. The first kappa shape index (κ1) is 35.5. The molecule has 0 rings (SSSR count). The van der Waals surface area contributed by atoms with Crippen molar-refractivity contribution >= 4 is 5.97 Å². The molecule has 0 saturated heterocycles. The van der Waals surface area contributed by atoms with E-state index in [0.717, 1.165) is 25.7 Å². The molecule has 0 bridgehead atoms. The first-order valence-electron chi connectivity index (χ1n) is 16.8. The number of aliphatic carboxylic acids is 1. The summed E-state index contributed by atoms with van der Waals surface area (Å²) >= 11 is 0. The quantitative estimate of drug-likeness (QED) is 0.0979. The maximum absolute atomic E-state index is 11.9. The molecule has 0 saturated carbocycles. The molecule has 0 aliphatic rings. The lowest BCUT2D eigenvalue weighted by molar-refractivity contribution is -0.149. The monoisotopic (exact) mass is 509 g/mol. The molecule has 2 nitrogen and oxygen atoms in total. The van der Waals surface area contributed by atoms with Crippen LogP contribution in [0, 0.1) is 5.41 Å². The van der Waals surface area contributed by atoms with Gasteiger partial charge in [0.1, 0.15) is 0 Å². The van der Waals surface area contributed by atoms with Crippen molar-refractivity contribution in [2.24, 2.45) is 5.41 Å². The second-order valence-corrected chi connectivity index (χ2v) is 12.2. The van der Waals surface area contributed by atoms with E-state index < -0.39 is 11.4 Å². The highest BCUT2D eigenvalue weighted by atomic mass is 16.4. The highest BCUT2D eigenvalue weighted by molar-refractivity contribution is 5.74. The van der Waals surface area contributed by atoms with E-state index in [1.54, 1.807) is 0 Å². The number of rotatable bonds is 30. The van der Waals surface area contributed by atoms with Crippen LogP contribution in [-0.2, 0) is 4.79 Å². The Balaban J connectivity index is 3.56. The zero-order valence-corrected chi connectivity index (χ0v) is 25.4. The van der Waals surface area contributed by atoms with Crippen molar-refractivity contribution in [3.05, 3.63) is 0 Å². The second kappa shape index (κ2) is 27.5. The van der Waals surface area contributed by atoms with Gasteiger partial charge in [0.05, 0.1) is 5.41 Å². The fraction of sp³-hybridized carbons (Fsp3) is 0.971. The van der Waals surface area contributed by atoms with Gasteiger partial charge < -0.3 is 5.11 Å². The minimum atomic E-state index is -0.573. The fourth-order valence-electron chi connectivity index (χ4n) is 5.58. The Labute approximate surface area is 228 Å². The third kappa shape index (κ3) is 23.8. The summed E-state index contributed by atoms with van der Waals surface area (Å²) in [4.78, 5) is 11.9. The highest BCUT2D eigenvalue weighted by Gasteiger charge is 2.31. The summed E-state index contributed by atoms with van der Waals surface area (Å²) < 4.78 is 0. The number of hydrogen-bond acceptors (Lipinski definition) is 1. The molecule has 0 radical (unpaired) electrons. The van der Waals surface area contributed by atoms with Gasteiger partial charge in [-0.2, -0.15) is 0 Å². The summed E-state index contributed by atoms with van der Waals surface area (Å²) in [6, 6.07) is 0. The molecule has 0 aromatic carbocycles. The lowest BCUT2D eigenvalue weighted by Gasteiger charge is -2.24. The molecule has 1 N–H and O–H groups in total. The number of carbonyl (C=O) groups is 1. The van der Waals surface area contributed by atoms with E-state index in [1.165, 1.54) is 161 Å². The average molecular weight is 509 g/mol. The number of carboxylic acid groups (broad SMARTS) is 1. The van der Waals surface area contributed by atoms with E-state index in [0.29, 0.717) is 0 Å². The van der Waals surface area contributed by atoms with Crippen molar-refractivity contribution in [3.8, 4) is 0 Å². The Hall–Kier alpha value is -0.530. The summed E-state index contributed by atoms with van der Waals surface area (Å²) in [7, 11) is 0. The Morgan fingerprint density at radius 1 is 0.417 bits per heavy atom. The third-order valence-electron chi connectivity index (χ3n) is 8.43. The molecule has 216 valence electrons. The third-order valence-corrected chi connectivity index (χ3v) is 8.43. The van der Waals surface area contributed by atoms with Gasteiger partial charge in [0.15, 0.2) is 0 Å². The molecule has 1 unspecified atom stereocenters. The normalized spacial score (nSPS) is 13.2. The van der Waals surface area contributed by atoms with E-state index in [4.69, 9.17) is 0 Å². The van der Waals surface area contributed by atoms with Crippen molar-refractivity contribution < 1.29 is 9.90 Å². The maximum Gasteiger partial charge on any atom is 0.309 e. The largest absolute Gasteiger partial charge is 0.481 e. The Morgan fingerprint density at radius 2 is 0.611 bits per heavy atom. The predicted octanol–water partition coefficient (Wildman–Crippen LogP) is 12.4. The van der Waals surface area contributed by atoms with Crippen LogP contribution in [0.3, 0.4) is 0 Å². The van der Waals surface area contributed by atoms with Gasteiger partial charge in [-0.1, -0.05) is 187 Å². The topological polar surface area (TPSA) is 37.3 Å². The van der Waals surface area contributed by atoms with Crippen LogP contribution in [0.4, 0.5) is 0 Å². The van der Waals surface area contributed by atoms with Crippen LogP contribution in [0.1, 0.15) is 207 Å². The van der Waals surface area contributed by atoms with Gasteiger partial charge in [0.2, 0.25) is 0 Å². The van der Waals surface area contributed by atoms with Gasteiger partial charge >= 0.3 is 5.97 Å². The SMILES string of the molecule is CCCCCCCCCCCCCCCCC(C)(CCCCCCCCCCCCCCC)C(=O)O. The zero-order chi connectivity index (χ0) is 26.6. The van der Waals surface area contributed by atoms with E-state index in [9.17, 15) is 9.90 Å². The van der Waals surface area contributed by atoms with E-state index in [-0.39, 0.29) is 0 Å². The maximum atomic E-state index is 11.9. The molecule has 36 heavy (non-hydrogen) atoms. The second-order valence-electron chi connectivity index (χ2n) is 12.2. The van der Waals surface area contributed by atoms with Crippen LogP contribution in [0.25, 0.3) is 0 Å². The van der Waals surface area contributed by atoms with E-state index in [2.05, 4.69) is 13.8 Å². The minimum Gasteiger partial charge on any atom is -0.481 e. The predicted molar refractivity (Wildman–Crippen MR) is 161 cm³/mol. The molecule has 0 aliphatic carbocycles. The fourth-order valence-corrected chi connectivity index (χ4v) is 5.58. The smallest absolute Gasteiger partial charge is 0.309 e. The van der Waals surface area contributed by atoms with Crippen molar-refractivity contribution in [1.29, 1.82) is 0 Å². The number of unbranched alkanes of at least 4 members (excludes halogenated alkanes) is 25. The lowest BCUT2D eigenvalue weighted by Crippen LogP contribution is -2.27. The highest BCUT2D eigenvalue weighted by Crippen LogP contribution is 2.32. The summed E-state index contributed by atoms with van der Waals surface area (Å²) in [6.45, 7) is 6.56. The van der Waals surface area contributed by atoms with Gasteiger partial charge in [-0.05, 0) is 19.8 Å². The van der Waals surface area contributed by atoms with Crippen LogP contribution in [0.15, 0.2) is 0 Å². The Kier molecular flexibility index (Phi) is 27.1. The molecule has 0 heterocycles. The van der Waals surface area contributed by atoms with Gasteiger partial charge in [-0.15, -0.1) is 0 Å². The molecular weight excluding hydrogens is 440 g/mol. The van der Waals surface area contributed by atoms with Crippen LogP contribution in [0.2, 0.25) is 0 Å². The van der Waals surface area contributed by atoms with E-state index in [1.807, 2.05) is 6.92 Å². The van der Waals surface area contributed by atoms with Crippen LogP contribution in [-0.4, -0.2) is 11.1 Å². The molecule has 0 fully saturated rings.